The molecule has 51 heavy (non-hydrogen) atoms. The Morgan fingerprint density at radius 2 is 1.53 bits per heavy atom. The van der Waals surface area contributed by atoms with Gasteiger partial charge in [0, 0.05) is 61.8 Å². The first kappa shape index (κ1) is 34.6. The van der Waals surface area contributed by atoms with Gasteiger partial charge in [-0.05, 0) is 79.1 Å². The molecule has 2 fully saturated rings. The molecule has 4 heterocycles. The van der Waals surface area contributed by atoms with E-state index in [0.29, 0.717) is 55.8 Å². The number of carbonyl (C=O) groups excluding carboxylic acids is 4. The minimum atomic E-state index is -1.94. The lowest BCUT2D eigenvalue weighted by molar-refractivity contribution is -0.139. The lowest BCUT2D eigenvalue weighted by atomic mass is 9.82. The van der Waals surface area contributed by atoms with Gasteiger partial charge in [0.25, 0.3) is 5.91 Å². The van der Waals surface area contributed by atoms with Gasteiger partial charge in [-0.15, -0.1) is 0 Å². The van der Waals surface area contributed by atoms with Crippen molar-refractivity contribution in [2.75, 3.05) is 34.4 Å². The minimum Gasteiger partial charge on any atom is -0.394 e. The second-order valence-corrected chi connectivity index (χ2v) is 14.3. The molecule has 2 N–H and O–H groups in total. The topological polar surface area (TPSA) is 122 Å². The van der Waals surface area contributed by atoms with Crippen LogP contribution in [0.25, 0.3) is 0 Å². The van der Waals surface area contributed by atoms with Gasteiger partial charge < -0.3 is 29.8 Å². The summed E-state index contributed by atoms with van der Waals surface area (Å²) in [7, 11) is 0. The number of hydrogen-bond acceptors (Lipinski definition) is 6. The number of aliphatic hydroxyl groups is 2. The number of anilines is 3. The van der Waals surface area contributed by atoms with Gasteiger partial charge in [0.15, 0.2) is 5.60 Å². The first-order chi connectivity index (χ1) is 24.7. The third-order valence-electron chi connectivity index (χ3n) is 11.1. The number of aliphatic hydroxyl groups excluding tert-OH is 1. The number of amides is 4. The molecule has 0 spiro atoms. The van der Waals surface area contributed by atoms with Crippen molar-refractivity contribution in [3.63, 3.8) is 0 Å². The Labute approximate surface area is 299 Å². The molecule has 3 aromatic carbocycles. The van der Waals surface area contributed by atoms with Crippen LogP contribution in [-0.4, -0.2) is 64.5 Å². The van der Waals surface area contributed by atoms with Gasteiger partial charge in [0.05, 0.1) is 24.9 Å². The van der Waals surface area contributed by atoms with Gasteiger partial charge in [-0.3, -0.25) is 19.2 Å². The molecule has 0 saturated carbocycles. The monoisotopic (exact) mass is 690 g/mol. The normalized spacial score (nSPS) is 22.8. The molecule has 3 aromatic rings. The maximum atomic E-state index is 14.4. The van der Waals surface area contributed by atoms with Crippen LogP contribution in [0.15, 0.2) is 78.9 Å². The summed E-state index contributed by atoms with van der Waals surface area (Å²) in [5.41, 5.74) is 3.57. The highest BCUT2D eigenvalue weighted by Crippen LogP contribution is 2.47. The molecular formula is C41H46N4O6. The number of piperidine rings is 2. The summed E-state index contributed by atoms with van der Waals surface area (Å²) in [5, 5.41) is 22.5. The van der Waals surface area contributed by atoms with E-state index < -0.39 is 17.4 Å². The number of fused-ring (bicyclic) bond motifs is 2. The van der Waals surface area contributed by atoms with E-state index >= 15 is 0 Å². The Bertz CT molecular complexity index is 1860. The van der Waals surface area contributed by atoms with Gasteiger partial charge in [0.2, 0.25) is 17.7 Å². The standard InChI is InChI=1S/C41H46N4O6/c1-28(9-8-14-39(49)44-26-31-11-3-2-10-30(31)23-34(44)27-46)41(51)35-24-33(43-22-7-5-13-38(43)48)19-20-36(35)45(40(41)50)25-29-15-17-32(18-16-29)42-21-6-4-12-37(42)47/h2-3,8-11,15-20,24,28,34,46,51H,4-7,12-14,21-23,25-27H2,1H3/b9-8+/t28-,34-,41+/m0/s1. The number of nitrogens with zero attached hydrogens (tertiary/aromatic N) is 4. The molecule has 4 aliphatic heterocycles. The second kappa shape index (κ2) is 14.4. The predicted octanol–water partition coefficient (Wildman–Crippen LogP) is 4.98. The van der Waals surface area contributed by atoms with E-state index in [2.05, 4.69) is 0 Å². The Kier molecular flexibility index (Phi) is 9.81. The SMILES string of the molecule is C[C@@H](/C=C/CC(=O)N1Cc2ccccc2C[C@H]1CO)[C@]1(O)C(=O)N(Cc2ccc(N3CCCCC3=O)cc2)c2ccc(N3CCCCC3=O)cc21. The zero-order valence-corrected chi connectivity index (χ0v) is 29.2. The predicted molar refractivity (Wildman–Crippen MR) is 195 cm³/mol. The van der Waals surface area contributed by atoms with Crippen LogP contribution < -0.4 is 14.7 Å². The number of hydrogen-bond donors (Lipinski definition) is 2. The highest BCUT2D eigenvalue weighted by molar-refractivity contribution is 6.08. The molecule has 2 saturated heterocycles. The third kappa shape index (κ3) is 6.58. The maximum absolute atomic E-state index is 14.4. The van der Waals surface area contributed by atoms with E-state index in [9.17, 15) is 29.4 Å². The van der Waals surface area contributed by atoms with Gasteiger partial charge in [0.1, 0.15) is 0 Å². The van der Waals surface area contributed by atoms with Crippen LogP contribution >= 0.6 is 0 Å². The van der Waals surface area contributed by atoms with Gasteiger partial charge in [-0.25, -0.2) is 0 Å². The number of benzene rings is 3. The molecule has 0 aliphatic carbocycles. The van der Waals surface area contributed by atoms with E-state index in [1.165, 1.54) is 0 Å². The van der Waals surface area contributed by atoms with E-state index in [4.69, 9.17) is 0 Å². The van der Waals surface area contributed by atoms with Crippen molar-refractivity contribution in [1.29, 1.82) is 0 Å². The maximum Gasteiger partial charge on any atom is 0.264 e. The van der Waals surface area contributed by atoms with Crippen molar-refractivity contribution < 1.29 is 29.4 Å². The summed E-state index contributed by atoms with van der Waals surface area (Å²) in [4.78, 5) is 60.0. The molecule has 0 radical (unpaired) electrons. The van der Waals surface area contributed by atoms with Crippen LogP contribution in [0, 0.1) is 5.92 Å². The zero-order chi connectivity index (χ0) is 35.7. The van der Waals surface area contributed by atoms with Crippen LogP contribution in [0.5, 0.6) is 0 Å². The smallest absolute Gasteiger partial charge is 0.264 e. The average Bonchev–Trinajstić information content (AvgIpc) is 3.36. The van der Waals surface area contributed by atoms with E-state index in [1.807, 2.05) is 60.7 Å². The second-order valence-electron chi connectivity index (χ2n) is 14.3. The first-order valence-corrected chi connectivity index (χ1v) is 18.2. The third-order valence-corrected chi connectivity index (χ3v) is 11.1. The average molecular weight is 691 g/mol. The summed E-state index contributed by atoms with van der Waals surface area (Å²) in [6, 6.07) is 20.7. The van der Waals surface area contributed by atoms with Crippen molar-refractivity contribution >= 4 is 40.7 Å². The van der Waals surface area contributed by atoms with Gasteiger partial charge in [-0.2, -0.15) is 0 Å². The molecule has 10 nitrogen and oxygen atoms in total. The van der Waals surface area contributed by atoms with Crippen LogP contribution in [0.3, 0.4) is 0 Å². The highest BCUT2D eigenvalue weighted by Gasteiger charge is 2.53. The van der Waals surface area contributed by atoms with E-state index in [1.54, 1.807) is 44.7 Å². The van der Waals surface area contributed by atoms with Crippen LogP contribution in [-0.2, 0) is 44.3 Å². The summed E-state index contributed by atoms with van der Waals surface area (Å²) in [6.45, 7) is 3.52. The summed E-state index contributed by atoms with van der Waals surface area (Å²) >= 11 is 0. The lowest BCUT2D eigenvalue weighted by Gasteiger charge is -2.36. The Morgan fingerprint density at radius 3 is 2.20 bits per heavy atom. The molecule has 0 bridgehead atoms. The first-order valence-electron chi connectivity index (χ1n) is 18.2. The molecule has 266 valence electrons. The molecule has 4 aliphatic rings. The van der Waals surface area contributed by atoms with E-state index in [0.717, 1.165) is 48.1 Å². The van der Waals surface area contributed by atoms with Crippen molar-refractivity contribution in [2.24, 2.45) is 5.92 Å². The molecule has 0 aromatic heterocycles. The molecule has 0 unspecified atom stereocenters. The van der Waals surface area contributed by atoms with Crippen LogP contribution in [0.2, 0.25) is 0 Å². The van der Waals surface area contributed by atoms with Crippen LogP contribution in [0.4, 0.5) is 17.1 Å². The summed E-state index contributed by atoms with van der Waals surface area (Å²) in [5.74, 6) is -1.20. The highest BCUT2D eigenvalue weighted by atomic mass is 16.3. The fourth-order valence-electron chi connectivity index (χ4n) is 8.05. The summed E-state index contributed by atoms with van der Waals surface area (Å²) in [6.07, 6.45) is 8.65. The fraction of sp³-hybridized carbons (Fsp3) is 0.415. The van der Waals surface area contributed by atoms with E-state index in [-0.39, 0.29) is 43.3 Å². The molecule has 7 rings (SSSR count). The minimum absolute atomic E-state index is 0.0196. The van der Waals surface area contributed by atoms with Crippen molar-refractivity contribution in [3.05, 3.63) is 101 Å². The zero-order valence-electron chi connectivity index (χ0n) is 29.2. The Balaban J connectivity index is 1.14. The molecule has 10 heteroatoms. The largest absolute Gasteiger partial charge is 0.394 e. The van der Waals surface area contributed by atoms with Gasteiger partial charge in [-0.1, -0.05) is 55.5 Å². The summed E-state index contributed by atoms with van der Waals surface area (Å²) < 4.78 is 0. The molecule has 4 amide bonds. The number of rotatable bonds is 9. The Hall–Kier alpha value is -4.80. The fourth-order valence-corrected chi connectivity index (χ4v) is 8.05. The number of carbonyl (C=O) groups is 4. The lowest BCUT2D eigenvalue weighted by Crippen LogP contribution is -2.46. The molecule has 3 atom stereocenters. The van der Waals surface area contributed by atoms with Crippen LogP contribution in [0.1, 0.15) is 74.1 Å². The quantitative estimate of drug-likeness (QED) is 0.306. The van der Waals surface area contributed by atoms with Crippen molar-refractivity contribution in [3.8, 4) is 0 Å². The van der Waals surface area contributed by atoms with Gasteiger partial charge >= 0.3 is 0 Å². The molecular weight excluding hydrogens is 644 g/mol. The Morgan fingerprint density at radius 1 is 0.882 bits per heavy atom. The van der Waals surface area contributed by atoms with Crippen molar-refractivity contribution in [1.82, 2.24) is 4.90 Å². The van der Waals surface area contributed by atoms with Crippen molar-refractivity contribution in [2.45, 2.75) is 83.0 Å².